The number of para-hydroxylation sites is 2. The second-order valence-electron chi connectivity index (χ2n) is 7.64. The Morgan fingerprint density at radius 1 is 1.09 bits per heavy atom. The van der Waals surface area contributed by atoms with E-state index in [9.17, 15) is 14.4 Å². The van der Waals surface area contributed by atoms with Crippen molar-refractivity contribution in [2.45, 2.75) is 26.3 Å². The number of nitrogens with zero attached hydrogens (tertiary/aromatic N) is 2. The number of fused-ring (bicyclic) bond motifs is 1. The quantitative estimate of drug-likeness (QED) is 0.483. The van der Waals surface area contributed by atoms with Crippen molar-refractivity contribution < 1.29 is 9.53 Å². The summed E-state index contributed by atoms with van der Waals surface area (Å²) in [7, 11) is 1.48. The summed E-state index contributed by atoms with van der Waals surface area (Å²) in [5.41, 5.74) is 1.49. The molecular formula is C24H23N3O4S. The third-order valence-corrected chi connectivity index (χ3v) is 6.11. The van der Waals surface area contributed by atoms with E-state index in [0.717, 1.165) is 10.1 Å². The number of carbonyl (C=O) groups excluding carboxylic acids is 1. The number of benzene rings is 2. The second kappa shape index (κ2) is 8.84. The van der Waals surface area contributed by atoms with Crippen LogP contribution >= 0.6 is 11.3 Å². The average molecular weight is 450 g/mol. The zero-order valence-electron chi connectivity index (χ0n) is 18.0. The van der Waals surface area contributed by atoms with Crippen LogP contribution < -0.4 is 21.3 Å². The van der Waals surface area contributed by atoms with E-state index in [0.29, 0.717) is 33.3 Å². The van der Waals surface area contributed by atoms with Crippen LogP contribution in [0.25, 0.3) is 15.9 Å². The number of anilines is 1. The first-order valence-electron chi connectivity index (χ1n) is 10.2. The van der Waals surface area contributed by atoms with Crippen molar-refractivity contribution in [1.29, 1.82) is 0 Å². The molecule has 0 radical (unpaired) electrons. The molecule has 0 bridgehead atoms. The molecule has 0 aliphatic carbocycles. The first kappa shape index (κ1) is 21.6. The van der Waals surface area contributed by atoms with Crippen LogP contribution in [0.4, 0.5) is 5.69 Å². The highest BCUT2D eigenvalue weighted by Crippen LogP contribution is 2.22. The molecule has 4 aromatic rings. The molecule has 1 amide bonds. The van der Waals surface area contributed by atoms with E-state index >= 15 is 0 Å². The maximum absolute atomic E-state index is 13.4. The first-order valence-corrected chi connectivity index (χ1v) is 11.0. The lowest BCUT2D eigenvalue weighted by molar-refractivity contribution is -0.116. The number of amides is 1. The fraction of sp³-hybridized carbons (Fsp3) is 0.208. The molecule has 0 spiro atoms. The summed E-state index contributed by atoms with van der Waals surface area (Å²) in [4.78, 5) is 39.4. The van der Waals surface area contributed by atoms with Crippen LogP contribution in [0.5, 0.6) is 5.75 Å². The van der Waals surface area contributed by atoms with Gasteiger partial charge in [-0.25, -0.2) is 9.36 Å². The highest BCUT2D eigenvalue weighted by atomic mass is 32.1. The molecule has 1 N–H and O–H groups in total. The predicted octanol–water partition coefficient (Wildman–Crippen LogP) is 3.98. The summed E-state index contributed by atoms with van der Waals surface area (Å²) >= 11 is 1.23. The molecule has 0 saturated heterocycles. The van der Waals surface area contributed by atoms with Crippen LogP contribution in [-0.4, -0.2) is 22.2 Å². The van der Waals surface area contributed by atoms with Gasteiger partial charge in [-0.1, -0.05) is 38.1 Å². The van der Waals surface area contributed by atoms with Crippen LogP contribution in [0.3, 0.4) is 0 Å². The number of carbonyl (C=O) groups is 1. The summed E-state index contributed by atoms with van der Waals surface area (Å²) in [6, 6.07) is 16.1. The molecule has 8 heteroatoms. The number of hydrogen-bond donors (Lipinski definition) is 1. The van der Waals surface area contributed by atoms with Crippen molar-refractivity contribution in [1.82, 2.24) is 9.13 Å². The topological polar surface area (TPSA) is 82.3 Å². The molecule has 0 saturated carbocycles. The molecule has 2 aromatic carbocycles. The first-order chi connectivity index (χ1) is 15.4. The average Bonchev–Trinajstić information content (AvgIpc) is 3.27. The normalized spacial score (nSPS) is 11.1. The van der Waals surface area contributed by atoms with Crippen LogP contribution in [0.15, 0.2) is 69.6 Å². The zero-order valence-corrected chi connectivity index (χ0v) is 18.8. The van der Waals surface area contributed by atoms with Gasteiger partial charge in [0.05, 0.1) is 18.3 Å². The van der Waals surface area contributed by atoms with Gasteiger partial charge in [-0.2, -0.15) is 0 Å². The van der Waals surface area contributed by atoms with Gasteiger partial charge in [0.1, 0.15) is 17.0 Å². The summed E-state index contributed by atoms with van der Waals surface area (Å²) in [6.07, 6.45) is 0. The Labute approximate surface area is 188 Å². The summed E-state index contributed by atoms with van der Waals surface area (Å²) in [5.74, 6) is 0.360. The number of thiophene rings is 1. The van der Waals surface area contributed by atoms with E-state index in [2.05, 4.69) is 19.2 Å². The molecule has 32 heavy (non-hydrogen) atoms. The number of aromatic nitrogens is 2. The Bertz CT molecular complexity index is 1410. The summed E-state index contributed by atoms with van der Waals surface area (Å²) in [6.45, 7) is 3.93. The molecule has 0 fully saturated rings. The Kier molecular flexibility index (Phi) is 5.96. The minimum Gasteiger partial charge on any atom is -0.495 e. The Morgan fingerprint density at radius 3 is 2.62 bits per heavy atom. The van der Waals surface area contributed by atoms with Crippen LogP contribution in [0.1, 0.15) is 25.3 Å². The van der Waals surface area contributed by atoms with Crippen LogP contribution in [0.2, 0.25) is 0 Å². The van der Waals surface area contributed by atoms with Crippen LogP contribution in [0, 0.1) is 0 Å². The SMILES string of the molecule is COc1ccccc1-n1c(=O)c2sccc2n(CC(=O)Nc2cccc(C(C)C)c2)c1=O. The third-order valence-electron chi connectivity index (χ3n) is 5.22. The second-order valence-corrected chi connectivity index (χ2v) is 8.56. The van der Waals surface area contributed by atoms with E-state index in [4.69, 9.17) is 4.74 Å². The Balaban J connectivity index is 1.77. The van der Waals surface area contributed by atoms with E-state index in [1.165, 1.54) is 23.0 Å². The fourth-order valence-corrected chi connectivity index (χ4v) is 4.41. The Morgan fingerprint density at radius 2 is 1.88 bits per heavy atom. The number of rotatable bonds is 6. The zero-order chi connectivity index (χ0) is 22.8. The molecule has 2 aromatic heterocycles. The standard InChI is InChI=1S/C24H23N3O4S/c1-15(2)16-7-6-8-17(13-16)25-21(28)14-26-19-11-12-32-22(19)23(29)27(24(26)30)18-9-4-5-10-20(18)31-3/h4-13,15H,14H2,1-3H3,(H,25,28). The molecular weight excluding hydrogens is 426 g/mol. The minimum absolute atomic E-state index is 0.229. The van der Waals surface area contributed by atoms with Crippen molar-refractivity contribution in [3.63, 3.8) is 0 Å². The summed E-state index contributed by atoms with van der Waals surface area (Å²) in [5, 5.41) is 4.59. The van der Waals surface area contributed by atoms with Crippen molar-refractivity contribution in [3.8, 4) is 11.4 Å². The van der Waals surface area contributed by atoms with Gasteiger partial charge in [0.2, 0.25) is 5.91 Å². The molecule has 0 atom stereocenters. The lowest BCUT2D eigenvalue weighted by atomic mass is 10.0. The van der Waals surface area contributed by atoms with E-state index in [-0.39, 0.29) is 12.5 Å². The number of hydrogen-bond acceptors (Lipinski definition) is 5. The molecule has 0 aliphatic heterocycles. The summed E-state index contributed by atoms with van der Waals surface area (Å²) < 4.78 is 8.12. The van der Waals surface area contributed by atoms with Gasteiger partial charge in [0, 0.05) is 5.69 Å². The lowest BCUT2D eigenvalue weighted by Gasteiger charge is -2.14. The van der Waals surface area contributed by atoms with Crippen molar-refractivity contribution in [2.24, 2.45) is 0 Å². The largest absolute Gasteiger partial charge is 0.495 e. The molecule has 0 aliphatic rings. The predicted molar refractivity (Wildman–Crippen MR) is 127 cm³/mol. The van der Waals surface area contributed by atoms with Gasteiger partial charge < -0.3 is 10.1 Å². The molecule has 2 heterocycles. The fourth-order valence-electron chi connectivity index (χ4n) is 3.59. The molecule has 164 valence electrons. The number of methoxy groups -OCH3 is 1. The number of ether oxygens (including phenoxy) is 1. The lowest BCUT2D eigenvalue weighted by Crippen LogP contribution is -2.40. The van der Waals surface area contributed by atoms with Gasteiger partial charge in [0.25, 0.3) is 5.56 Å². The van der Waals surface area contributed by atoms with E-state index < -0.39 is 11.2 Å². The van der Waals surface area contributed by atoms with Gasteiger partial charge >= 0.3 is 5.69 Å². The van der Waals surface area contributed by atoms with Gasteiger partial charge in [-0.15, -0.1) is 11.3 Å². The monoisotopic (exact) mass is 449 g/mol. The van der Waals surface area contributed by atoms with Gasteiger partial charge in [-0.05, 0) is 47.2 Å². The molecule has 7 nitrogen and oxygen atoms in total. The number of nitrogens with one attached hydrogen (secondary N) is 1. The van der Waals surface area contributed by atoms with E-state index in [1.807, 2.05) is 24.3 Å². The molecule has 0 unspecified atom stereocenters. The highest BCUT2D eigenvalue weighted by Gasteiger charge is 2.19. The smallest absolute Gasteiger partial charge is 0.336 e. The highest BCUT2D eigenvalue weighted by molar-refractivity contribution is 7.17. The van der Waals surface area contributed by atoms with Crippen LogP contribution in [-0.2, 0) is 11.3 Å². The van der Waals surface area contributed by atoms with Crippen molar-refractivity contribution in [3.05, 3.63) is 86.4 Å². The van der Waals surface area contributed by atoms with Gasteiger partial charge in [-0.3, -0.25) is 14.2 Å². The van der Waals surface area contributed by atoms with Gasteiger partial charge in [0.15, 0.2) is 0 Å². The Hall–Kier alpha value is -3.65. The third kappa shape index (κ3) is 3.97. The maximum Gasteiger partial charge on any atom is 0.336 e. The van der Waals surface area contributed by atoms with E-state index in [1.54, 1.807) is 35.7 Å². The maximum atomic E-state index is 13.4. The minimum atomic E-state index is -0.600. The van der Waals surface area contributed by atoms with Crippen molar-refractivity contribution in [2.75, 3.05) is 12.4 Å². The molecule has 4 rings (SSSR count). The van der Waals surface area contributed by atoms with Crippen molar-refractivity contribution >= 4 is 33.1 Å².